The maximum atomic E-state index is 11.4. The van der Waals surface area contributed by atoms with E-state index in [1.165, 1.54) is 7.05 Å². The number of hydrogen-bond donors (Lipinski definition) is 1. The van der Waals surface area contributed by atoms with E-state index in [0.717, 1.165) is 9.87 Å². The Bertz CT molecular complexity index is 499. The van der Waals surface area contributed by atoms with Crippen LogP contribution in [-0.2, 0) is 16.6 Å². The van der Waals surface area contributed by atoms with Crippen molar-refractivity contribution in [2.24, 2.45) is 5.73 Å². The molecule has 0 aliphatic rings. The van der Waals surface area contributed by atoms with Gasteiger partial charge in [0.1, 0.15) is 5.21 Å². The lowest BCUT2D eigenvalue weighted by Gasteiger charge is -2.15. The van der Waals surface area contributed by atoms with Gasteiger partial charge < -0.3 is 5.73 Å². The predicted molar refractivity (Wildman–Crippen MR) is 66.1 cm³/mol. The second kappa shape index (κ2) is 5.48. The van der Waals surface area contributed by atoms with Crippen molar-refractivity contribution < 1.29 is 13.2 Å². The average molecular weight is 277 g/mol. The Hall–Kier alpha value is -1.11. The van der Waals surface area contributed by atoms with Crippen molar-refractivity contribution in [1.82, 2.24) is 4.31 Å². The van der Waals surface area contributed by atoms with E-state index in [4.69, 9.17) is 17.3 Å². The van der Waals surface area contributed by atoms with Crippen LogP contribution in [-0.4, -0.2) is 30.9 Å². The van der Waals surface area contributed by atoms with Gasteiger partial charge in [-0.15, -0.1) is 11.6 Å². The largest absolute Gasteiger partial charge is 0.366 e. The molecular formula is C10H13ClN2O3S. The van der Waals surface area contributed by atoms with Crippen LogP contribution in [0.4, 0.5) is 0 Å². The molecule has 0 spiro atoms. The maximum absolute atomic E-state index is 11.4. The third-order valence-corrected chi connectivity index (χ3v) is 4.44. The monoisotopic (exact) mass is 276 g/mol. The van der Waals surface area contributed by atoms with Gasteiger partial charge in [0.15, 0.2) is 0 Å². The molecule has 0 aliphatic heterocycles. The molecule has 1 rings (SSSR count). The van der Waals surface area contributed by atoms with Gasteiger partial charge in [-0.25, -0.2) is 8.42 Å². The van der Waals surface area contributed by atoms with Crippen LogP contribution in [0, 0.1) is 0 Å². The van der Waals surface area contributed by atoms with Crippen LogP contribution in [0.1, 0.15) is 15.9 Å². The molecule has 17 heavy (non-hydrogen) atoms. The molecule has 0 saturated carbocycles. The Morgan fingerprint density at radius 1 is 1.35 bits per heavy atom. The third-order valence-electron chi connectivity index (χ3n) is 2.26. The molecule has 7 heteroatoms. The lowest BCUT2D eigenvalue weighted by molar-refractivity contribution is 0.100. The fraction of sp³-hybridized carbons (Fsp3) is 0.300. The van der Waals surface area contributed by atoms with Crippen LogP contribution in [0.2, 0.25) is 0 Å². The summed E-state index contributed by atoms with van der Waals surface area (Å²) in [4.78, 5) is 10.8. The van der Waals surface area contributed by atoms with E-state index in [9.17, 15) is 13.2 Å². The number of hydrogen-bond acceptors (Lipinski definition) is 3. The summed E-state index contributed by atoms with van der Waals surface area (Å²) < 4.78 is 23.9. The summed E-state index contributed by atoms with van der Waals surface area (Å²) >= 11 is 5.33. The van der Waals surface area contributed by atoms with E-state index in [2.05, 4.69) is 0 Å². The molecule has 0 atom stereocenters. The van der Waals surface area contributed by atoms with Crippen LogP contribution < -0.4 is 5.73 Å². The highest BCUT2D eigenvalue weighted by molar-refractivity contribution is 7.90. The number of carbonyl (C=O) groups excluding carboxylic acids is 1. The molecule has 2 N–H and O–H groups in total. The van der Waals surface area contributed by atoms with Crippen molar-refractivity contribution >= 4 is 27.5 Å². The molecule has 0 bridgehead atoms. The van der Waals surface area contributed by atoms with Crippen molar-refractivity contribution in [3.8, 4) is 0 Å². The van der Waals surface area contributed by atoms with Crippen LogP contribution in [0.5, 0.6) is 0 Å². The lowest BCUT2D eigenvalue weighted by atomic mass is 10.1. The molecule has 94 valence electrons. The number of halogens is 1. The number of alkyl halides is 1. The van der Waals surface area contributed by atoms with Crippen LogP contribution in [0.3, 0.4) is 0 Å². The second-order valence-electron chi connectivity index (χ2n) is 3.54. The summed E-state index contributed by atoms with van der Waals surface area (Å²) in [7, 11) is -1.97. The van der Waals surface area contributed by atoms with Crippen molar-refractivity contribution in [3.05, 3.63) is 35.4 Å². The first kappa shape index (κ1) is 14.0. The minimum absolute atomic E-state index is 0.202. The summed E-state index contributed by atoms with van der Waals surface area (Å²) in [5.41, 5.74) is 6.23. The van der Waals surface area contributed by atoms with E-state index in [-0.39, 0.29) is 6.54 Å². The Morgan fingerprint density at radius 2 is 1.88 bits per heavy atom. The number of amides is 1. The predicted octanol–water partition coefficient (Wildman–Crippen LogP) is 0.743. The van der Waals surface area contributed by atoms with Crippen LogP contribution in [0.25, 0.3) is 0 Å². The highest BCUT2D eigenvalue weighted by atomic mass is 35.5. The molecule has 0 radical (unpaired) electrons. The number of nitrogens with zero attached hydrogens (tertiary/aromatic N) is 1. The quantitative estimate of drug-likeness (QED) is 0.806. The fourth-order valence-corrected chi connectivity index (χ4v) is 2.23. The Labute approximate surface area is 105 Å². The van der Waals surface area contributed by atoms with Crippen molar-refractivity contribution in [3.63, 3.8) is 0 Å². The Morgan fingerprint density at radius 3 is 2.29 bits per heavy atom. The highest BCUT2D eigenvalue weighted by Crippen LogP contribution is 2.10. The summed E-state index contributed by atoms with van der Waals surface area (Å²) in [5.74, 6) is -0.515. The average Bonchev–Trinajstić information content (AvgIpc) is 2.29. The smallest absolute Gasteiger partial charge is 0.248 e. The summed E-state index contributed by atoms with van der Waals surface area (Å²) in [6.07, 6.45) is 0. The Kier molecular flexibility index (Phi) is 4.50. The number of carbonyl (C=O) groups is 1. The molecule has 1 aromatic rings. The molecular weight excluding hydrogens is 264 g/mol. The minimum Gasteiger partial charge on any atom is -0.366 e. The van der Waals surface area contributed by atoms with Gasteiger partial charge in [-0.05, 0) is 17.7 Å². The van der Waals surface area contributed by atoms with Gasteiger partial charge >= 0.3 is 0 Å². The number of primary amides is 1. The van der Waals surface area contributed by atoms with Gasteiger partial charge in [-0.3, -0.25) is 4.79 Å². The number of rotatable bonds is 5. The van der Waals surface area contributed by atoms with Gasteiger partial charge in [-0.1, -0.05) is 12.1 Å². The van der Waals surface area contributed by atoms with Gasteiger partial charge in [0.25, 0.3) is 0 Å². The second-order valence-corrected chi connectivity index (χ2v) is 6.20. The van der Waals surface area contributed by atoms with E-state index in [0.29, 0.717) is 5.56 Å². The van der Waals surface area contributed by atoms with Crippen LogP contribution >= 0.6 is 11.6 Å². The lowest BCUT2D eigenvalue weighted by Crippen LogP contribution is -2.27. The maximum Gasteiger partial charge on any atom is 0.248 e. The summed E-state index contributed by atoms with van der Waals surface area (Å²) in [6.45, 7) is 0.202. The molecule has 0 aromatic heterocycles. The molecule has 0 aliphatic carbocycles. The van der Waals surface area contributed by atoms with Crippen molar-refractivity contribution in [1.29, 1.82) is 0 Å². The van der Waals surface area contributed by atoms with E-state index < -0.39 is 21.1 Å². The SMILES string of the molecule is CN(Cc1ccc(C(N)=O)cc1)S(=O)(=O)CCl. The zero-order chi connectivity index (χ0) is 13.1. The molecule has 0 heterocycles. The molecule has 0 saturated heterocycles. The van der Waals surface area contributed by atoms with Gasteiger partial charge in [-0.2, -0.15) is 4.31 Å². The minimum atomic E-state index is -3.42. The first-order valence-electron chi connectivity index (χ1n) is 4.75. The zero-order valence-corrected chi connectivity index (χ0v) is 10.8. The summed E-state index contributed by atoms with van der Waals surface area (Å²) in [5, 5.41) is -0.455. The first-order valence-corrected chi connectivity index (χ1v) is 6.90. The molecule has 1 amide bonds. The van der Waals surface area contributed by atoms with Gasteiger partial charge in [0.05, 0.1) is 0 Å². The Balaban J connectivity index is 2.80. The topological polar surface area (TPSA) is 80.5 Å². The van der Waals surface area contributed by atoms with E-state index in [1.807, 2.05) is 0 Å². The highest BCUT2D eigenvalue weighted by Gasteiger charge is 2.16. The standard InChI is InChI=1S/C10H13ClN2O3S/c1-13(17(15,16)7-11)6-8-2-4-9(5-3-8)10(12)14/h2-5H,6-7H2,1H3,(H2,12,14). The first-order chi connectivity index (χ1) is 7.86. The van der Waals surface area contributed by atoms with Crippen LogP contribution in [0.15, 0.2) is 24.3 Å². The molecule has 0 unspecified atom stereocenters. The summed E-state index contributed by atoms with van der Waals surface area (Å²) in [6, 6.07) is 6.42. The molecule has 1 aromatic carbocycles. The van der Waals surface area contributed by atoms with Gasteiger partial charge in [0, 0.05) is 19.2 Å². The van der Waals surface area contributed by atoms with Gasteiger partial charge in [0.2, 0.25) is 15.9 Å². The zero-order valence-electron chi connectivity index (χ0n) is 9.26. The third kappa shape index (κ3) is 3.69. The number of nitrogens with two attached hydrogens (primary N) is 1. The molecule has 0 fully saturated rings. The van der Waals surface area contributed by atoms with Crippen molar-refractivity contribution in [2.75, 3.05) is 12.3 Å². The molecule has 5 nitrogen and oxygen atoms in total. The number of benzene rings is 1. The van der Waals surface area contributed by atoms with Crippen molar-refractivity contribution in [2.45, 2.75) is 6.54 Å². The van der Waals surface area contributed by atoms with E-state index in [1.54, 1.807) is 24.3 Å². The number of sulfonamides is 1. The fourth-order valence-electron chi connectivity index (χ4n) is 1.21. The normalized spacial score (nSPS) is 11.7. The van der Waals surface area contributed by atoms with E-state index >= 15 is 0 Å².